The summed E-state index contributed by atoms with van der Waals surface area (Å²) in [6.45, 7) is 3.41. The van der Waals surface area contributed by atoms with Crippen LogP contribution in [0.5, 0.6) is 0 Å². The fourth-order valence-electron chi connectivity index (χ4n) is 2.43. The third kappa shape index (κ3) is 2.35. The fourth-order valence-corrected chi connectivity index (χ4v) is 2.85. The molecule has 0 aliphatic carbocycles. The Morgan fingerprint density at radius 1 is 1.24 bits per heavy atom. The zero-order valence-electron chi connectivity index (χ0n) is 11.6. The van der Waals surface area contributed by atoms with Crippen molar-refractivity contribution in [1.29, 1.82) is 0 Å². The van der Waals surface area contributed by atoms with Crippen LogP contribution in [0, 0.1) is 11.2 Å². The molecule has 0 unspecified atom stereocenters. The number of carbonyl (C=O) groups is 3. The number of hydrogen-bond acceptors (Lipinski definition) is 3. The van der Waals surface area contributed by atoms with Gasteiger partial charge in [-0.3, -0.25) is 14.9 Å². The second-order valence-electron chi connectivity index (χ2n) is 4.78. The number of amides is 4. The lowest BCUT2D eigenvalue weighted by Crippen LogP contribution is -2.64. The van der Waals surface area contributed by atoms with Gasteiger partial charge in [0.15, 0.2) is 0 Å². The summed E-state index contributed by atoms with van der Waals surface area (Å²) in [5.41, 5.74) is -1.23. The molecule has 2 rings (SSSR count). The zero-order valence-corrected chi connectivity index (χ0v) is 13.2. The van der Waals surface area contributed by atoms with E-state index < -0.39 is 29.1 Å². The van der Waals surface area contributed by atoms with Gasteiger partial charge in [0.25, 0.3) is 5.91 Å². The van der Waals surface area contributed by atoms with E-state index in [-0.39, 0.29) is 18.5 Å². The smallest absolute Gasteiger partial charge is 0.276 e. The van der Waals surface area contributed by atoms with E-state index in [0.29, 0.717) is 4.47 Å². The minimum Gasteiger partial charge on any atom is -0.276 e. The third-order valence-corrected chi connectivity index (χ3v) is 4.50. The Balaban J connectivity index is 2.57. The molecule has 0 radical (unpaired) electrons. The number of imide groups is 2. The molecule has 21 heavy (non-hydrogen) atoms. The van der Waals surface area contributed by atoms with Crippen molar-refractivity contribution in [3.8, 4) is 0 Å². The molecule has 0 bridgehead atoms. The Hall–Kier alpha value is -1.76. The number of benzene rings is 1. The molecule has 0 spiro atoms. The second-order valence-corrected chi connectivity index (χ2v) is 5.64. The maximum Gasteiger partial charge on any atom is 0.335 e. The van der Waals surface area contributed by atoms with Crippen LogP contribution in [-0.2, 0) is 9.59 Å². The Bertz CT molecular complexity index is 629. The first-order valence-electron chi connectivity index (χ1n) is 6.52. The SMILES string of the molecule is CCC1(CC)C(=O)NC(=O)N(c2cc(F)ccc2Br)C1=O. The monoisotopic (exact) mass is 356 g/mol. The first-order chi connectivity index (χ1) is 9.87. The highest BCUT2D eigenvalue weighted by atomic mass is 79.9. The molecule has 1 fully saturated rings. The molecule has 1 aromatic carbocycles. The van der Waals surface area contributed by atoms with E-state index in [1.165, 1.54) is 12.1 Å². The summed E-state index contributed by atoms with van der Waals surface area (Å²) >= 11 is 3.19. The van der Waals surface area contributed by atoms with E-state index in [9.17, 15) is 18.8 Å². The van der Waals surface area contributed by atoms with Gasteiger partial charge >= 0.3 is 6.03 Å². The van der Waals surface area contributed by atoms with Crippen LogP contribution in [-0.4, -0.2) is 17.8 Å². The Labute approximate surface area is 129 Å². The van der Waals surface area contributed by atoms with Crippen LogP contribution in [0.4, 0.5) is 14.9 Å². The standard InChI is InChI=1S/C14H14BrFN2O3/c1-3-14(4-2)11(19)17-13(21)18(12(14)20)10-7-8(16)5-6-9(10)15/h5-7H,3-4H2,1-2H3,(H,17,19,21). The summed E-state index contributed by atoms with van der Waals surface area (Å²) in [5, 5.41) is 2.18. The molecule has 7 heteroatoms. The van der Waals surface area contributed by atoms with E-state index in [0.717, 1.165) is 11.0 Å². The lowest BCUT2D eigenvalue weighted by molar-refractivity contribution is -0.143. The number of nitrogens with zero attached hydrogens (tertiary/aromatic N) is 1. The van der Waals surface area contributed by atoms with Gasteiger partial charge in [0.05, 0.1) is 5.69 Å². The van der Waals surface area contributed by atoms with Crippen LogP contribution in [0.1, 0.15) is 26.7 Å². The fraction of sp³-hybridized carbons (Fsp3) is 0.357. The largest absolute Gasteiger partial charge is 0.335 e. The summed E-state index contributed by atoms with van der Waals surface area (Å²) in [5.74, 6) is -1.82. The number of nitrogens with one attached hydrogen (secondary N) is 1. The number of rotatable bonds is 3. The molecule has 0 saturated carbocycles. The van der Waals surface area contributed by atoms with Crippen molar-refractivity contribution in [1.82, 2.24) is 5.32 Å². The molecule has 1 aliphatic heterocycles. The number of barbiturate groups is 1. The summed E-state index contributed by atoms with van der Waals surface area (Å²) in [4.78, 5) is 37.6. The van der Waals surface area contributed by atoms with Gasteiger partial charge < -0.3 is 0 Å². The molecule has 0 atom stereocenters. The van der Waals surface area contributed by atoms with E-state index in [2.05, 4.69) is 21.2 Å². The van der Waals surface area contributed by atoms with Crippen molar-refractivity contribution >= 4 is 39.5 Å². The van der Waals surface area contributed by atoms with Crippen LogP contribution in [0.15, 0.2) is 22.7 Å². The van der Waals surface area contributed by atoms with Gasteiger partial charge in [-0.1, -0.05) is 13.8 Å². The summed E-state index contributed by atoms with van der Waals surface area (Å²) < 4.78 is 13.8. The quantitative estimate of drug-likeness (QED) is 0.846. The summed E-state index contributed by atoms with van der Waals surface area (Å²) in [7, 11) is 0. The van der Waals surface area contributed by atoms with E-state index >= 15 is 0 Å². The maximum absolute atomic E-state index is 13.4. The van der Waals surface area contributed by atoms with Gasteiger partial charge in [-0.25, -0.2) is 14.1 Å². The van der Waals surface area contributed by atoms with Gasteiger partial charge in [-0.15, -0.1) is 0 Å². The highest BCUT2D eigenvalue weighted by Crippen LogP contribution is 2.37. The van der Waals surface area contributed by atoms with Crippen molar-refractivity contribution < 1.29 is 18.8 Å². The molecule has 0 aromatic heterocycles. The molecular weight excluding hydrogens is 343 g/mol. The van der Waals surface area contributed by atoms with Crippen LogP contribution in [0.3, 0.4) is 0 Å². The molecule has 5 nitrogen and oxygen atoms in total. The minimum atomic E-state index is -1.31. The minimum absolute atomic E-state index is 0.0799. The predicted molar refractivity (Wildman–Crippen MR) is 78.1 cm³/mol. The van der Waals surface area contributed by atoms with Crippen LogP contribution >= 0.6 is 15.9 Å². The average Bonchev–Trinajstić information content (AvgIpc) is 2.44. The molecule has 1 aromatic rings. The van der Waals surface area contributed by atoms with Crippen molar-refractivity contribution in [3.63, 3.8) is 0 Å². The second kappa shape index (κ2) is 5.55. The highest BCUT2D eigenvalue weighted by molar-refractivity contribution is 9.10. The number of anilines is 1. The summed E-state index contributed by atoms with van der Waals surface area (Å²) in [6, 6.07) is 2.82. The van der Waals surface area contributed by atoms with Gasteiger partial charge in [0, 0.05) is 4.47 Å². The molecule has 4 amide bonds. The normalized spacial score (nSPS) is 17.9. The lowest BCUT2D eigenvalue weighted by Gasteiger charge is -2.38. The van der Waals surface area contributed by atoms with E-state index in [1.807, 2.05) is 0 Å². The lowest BCUT2D eigenvalue weighted by atomic mass is 9.78. The third-order valence-electron chi connectivity index (χ3n) is 3.83. The molecule has 1 N–H and O–H groups in total. The Morgan fingerprint density at radius 2 is 1.86 bits per heavy atom. The van der Waals surface area contributed by atoms with Crippen molar-refractivity contribution in [2.24, 2.45) is 5.41 Å². The molecular formula is C14H14BrFN2O3. The van der Waals surface area contributed by atoms with Crippen molar-refractivity contribution in [3.05, 3.63) is 28.5 Å². The number of hydrogen-bond donors (Lipinski definition) is 1. The van der Waals surface area contributed by atoms with E-state index in [1.54, 1.807) is 13.8 Å². The van der Waals surface area contributed by atoms with Crippen molar-refractivity contribution in [2.45, 2.75) is 26.7 Å². The van der Waals surface area contributed by atoms with Crippen LogP contribution in [0.25, 0.3) is 0 Å². The average molecular weight is 357 g/mol. The number of carbonyl (C=O) groups excluding carboxylic acids is 3. The van der Waals surface area contributed by atoms with Gasteiger partial charge in [-0.2, -0.15) is 0 Å². The van der Waals surface area contributed by atoms with Crippen LogP contribution in [0.2, 0.25) is 0 Å². The molecule has 1 heterocycles. The Morgan fingerprint density at radius 3 is 2.43 bits per heavy atom. The number of halogens is 2. The van der Waals surface area contributed by atoms with Gasteiger partial charge in [0.1, 0.15) is 11.2 Å². The predicted octanol–water partition coefficient (Wildman–Crippen LogP) is 2.98. The van der Waals surface area contributed by atoms with E-state index in [4.69, 9.17) is 0 Å². The zero-order chi connectivity index (χ0) is 15.8. The number of urea groups is 1. The highest BCUT2D eigenvalue weighted by Gasteiger charge is 2.52. The first kappa shape index (κ1) is 15.6. The summed E-state index contributed by atoms with van der Waals surface area (Å²) in [6.07, 6.45) is 0.510. The molecule has 1 saturated heterocycles. The first-order valence-corrected chi connectivity index (χ1v) is 7.31. The van der Waals surface area contributed by atoms with Gasteiger partial charge in [0.2, 0.25) is 5.91 Å². The molecule has 1 aliphatic rings. The Kier molecular flexibility index (Phi) is 4.13. The maximum atomic E-state index is 13.4. The van der Waals surface area contributed by atoms with Crippen molar-refractivity contribution in [2.75, 3.05) is 4.90 Å². The molecule has 112 valence electrons. The van der Waals surface area contributed by atoms with Crippen LogP contribution < -0.4 is 10.2 Å². The topological polar surface area (TPSA) is 66.5 Å². The van der Waals surface area contributed by atoms with Gasteiger partial charge in [-0.05, 0) is 47.0 Å².